The Bertz CT molecular complexity index is 520. The number of nitrogens with one attached hydrogen (secondary N) is 1. The maximum Gasteiger partial charge on any atom is 0.254 e. The Hall–Kier alpha value is -1.88. The van der Waals surface area contributed by atoms with Crippen LogP contribution >= 0.6 is 0 Å². The standard InChI is InChI=1S/C15H21N3O2/c1-10-12(15(20)18-8-3-4-9-18)6-5-7-13(10)17-14(19)11(2)16/h5-7,11H,3-4,8-9,16H2,1-2H3,(H,17,19)/t11-/m0/s1. The fraction of sp³-hybridized carbons (Fsp3) is 0.467. The largest absolute Gasteiger partial charge is 0.339 e. The summed E-state index contributed by atoms with van der Waals surface area (Å²) in [4.78, 5) is 26.0. The highest BCUT2D eigenvalue weighted by molar-refractivity contribution is 6.00. The van der Waals surface area contributed by atoms with Gasteiger partial charge in [0.15, 0.2) is 0 Å². The normalized spacial score (nSPS) is 16.1. The Balaban J connectivity index is 2.22. The molecular formula is C15H21N3O2. The van der Waals surface area contributed by atoms with Crippen LogP contribution in [-0.2, 0) is 4.79 Å². The fourth-order valence-corrected chi connectivity index (χ4v) is 2.34. The number of carbonyl (C=O) groups excluding carboxylic acids is 2. The molecule has 0 radical (unpaired) electrons. The molecule has 1 aliphatic rings. The second kappa shape index (κ2) is 6.05. The number of amides is 2. The van der Waals surface area contributed by atoms with Crippen LogP contribution in [0.15, 0.2) is 18.2 Å². The summed E-state index contributed by atoms with van der Waals surface area (Å²) in [7, 11) is 0. The zero-order valence-electron chi connectivity index (χ0n) is 12.0. The molecule has 5 heteroatoms. The van der Waals surface area contributed by atoms with E-state index in [1.807, 2.05) is 11.8 Å². The van der Waals surface area contributed by atoms with Gasteiger partial charge in [-0.05, 0) is 44.4 Å². The zero-order valence-corrected chi connectivity index (χ0v) is 12.0. The molecular weight excluding hydrogens is 254 g/mol. The Morgan fingerprint density at radius 3 is 2.55 bits per heavy atom. The van der Waals surface area contributed by atoms with Crippen LogP contribution in [0.1, 0.15) is 35.7 Å². The summed E-state index contributed by atoms with van der Waals surface area (Å²) < 4.78 is 0. The Morgan fingerprint density at radius 1 is 1.30 bits per heavy atom. The predicted molar refractivity (Wildman–Crippen MR) is 78.6 cm³/mol. The first-order valence-corrected chi connectivity index (χ1v) is 6.96. The third-order valence-corrected chi connectivity index (χ3v) is 3.63. The molecule has 3 N–H and O–H groups in total. The number of hydrogen-bond acceptors (Lipinski definition) is 3. The van der Waals surface area contributed by atoms with E-state index in [4.69, 9.17) is 5.73 Å². The number of likely N-dealkylation sites (tertiary alicyclic amines) is 1. The molecule has 1 saturated heterocycles. The average molecular weight is 275 g/mol. The van der Waals surface area contributed by atoms with Crippen LogP contribution in [0.5, 0.6) is 0 Å². The minimum atomic E-state index is -0.577. The molecule has 0 saturated carbocycles. The summed E-state index contributed by atoms with van der Waals surface area (Å²) >= 11 is 0. The lowest BCUT2D eigenvalue weighted by molar-refractivity contribution is -0.117. The second-order valence-corrected chi connectivity index (χ2v) is 5.26. The van der Waals surface area contributed by atoms with Crippen LogP contribution in [0.2, 0.25) is 0 Å². The lowest BCUT2D eigenvalue weighted by Crippen LogP contribution is -2.33. The van der Waals surface area contributed by atoms with Gasteiger partial charge in [-0.1, -0.05) is 6.07 Å². The van der Waals surface area contributed by atoms with Crippen molar-refractivity contribution < 1.29 is 9.59 Å². The van der Waals surface area contributed by atoms with Crippen molar-refractivity contribution >= 4 is 17.5 Å². The first kappa shape index (κ1) is 14.5. The third kappa shape index (κ3) is 2.99. The number of nitrogens with two attached hydrogens (primary N) is 1. The molecule has 5 nitrogen and oxygen atoms in total. The molecule has 20 heavy (non-hydrogen) atoms. The minimum absolute atomic E-state index is 0.0388. The minimum Gasteiger partial charge on any atom is -0.339 e. The molecule has 1 aromatic rings. The predicted octanol–water partition coefficient (Wildman–Crippen LogP) is 1.52. The van der Waals surface area contributed by atoms with Crippen LogP contribution in [-0.4, -0.2) is 35.8 Å². The van der Waals surface area contributed by atoms with Crippen molar-refractivity contribution in [3.8, 4) is 0 Å². The van der Waals surface area contributed by atoms with Gasteiger partial charge in [-0.15, -0.1) is 0 Å². The smallest absolute Gasteiger partial charge is 0.254 e. The lowest BCUT2D eigenvalue weighted by Gasteiger charge is -2.18. The molecule has 0 spiro atoms. The maximum absolute atomic E-state index is 12.4. The van der Waals surface area contributed by atoms with Crippen molar-refractivity contribution in [2.45, 2.75) is 32.7 Å². The molecule has 0 aliphatic carbocycles. The van der Waals surface area contributed by atoms with Gasteiger partial charge in [-0.3, -0.25) is 9.59 Å². The highest BCUT2D eigenvalue weighted by Crippen LogP contribution is 2.22. The number of hydrogen-bond donors (Lipinski definition) is 2. The summed E-state index contributed by atoms with van der Waals surface area (Å²) in [5, 5.41) is 2.76. The SMILES string of the molecule is Cc1c(NC(=O)[C@H](C)N)cccc1C(=O)N1CCCC1. The molecule has 0 aromatic heterocycles. The molecule has 1 aromatic carbocycles. The van der Waals surface area contributed by atoms with Gasteiger partial charge in [0.25, 0.3) is 5.91 Å². The van der Waals surface area contributed by atoms with Crippen molar-refractivity contribution in [1.82, 2.24) is 4.90 Å². The maximum atomic E-state index is 12.4. The molecule has 0 bridgehead atoms. The van der Waals surface area contributed by atoms with Crippen LogP contribution in [0.3, 0.4) is 0 Å². The Labute approximate surface area is 119 Å². The monoisotopic (exact) mass is 275 g/mol. The van der Waals surface area contributed by atoms with Gasteiger partial charge in [-0.25, -0.2) is 0 Å². The summed E-state index contributed by atoms with van der Waals surface area (Å²) in [5.41, 5.74) is 7.63. The number of benzene rings is 1. The van der Waals surface area contributed by atoms with Crippen molar-refractivity contribution in [2.24, 2.45) is 5.73 Å². The van der Waals surface area contributed by atoms with Gasteiger partial charge in [0.05, 0.1) is 6.04 Å². The number of carbonyl (C=O) groups is 2. The van der Waals surface area contributed by atoms with E-state index in [1.54, 1.807) is 25.1 Å². The second-order valence-electron chi connectivity index (χ2n) is 5.26. The van der Waals surface area contributed by atoms with Gasteiger partial charge in [0.2, 0.25) is 5.91 Å². The van der Waals surface area contributed by atoms with Crippen LogP contribution < -0.4 is 11.1 Å². The van der Waals surface area contributed by atoms with E-state index in [-0.39, 0.29) is 11.8 Å². The number of nitrogens with zero attached hydrogens (tertiary/aromatic N) is 1. The molecule has 108 valence electrons. The van der Waals surface area contributed by atoms with Gasteiger partial charge < -0.3 is 16.0 Å². The fourth-order valence-electron chi connectivity index (χ4n) is 2.34. The topological polar surface area (TPSA) is 75.4 Å². The molecule has 1 heterocycles. The van der Waals surface area contributed by atoms with E-state index in [0.29, 0.717) is 11.3 Å². The van der Waals surface area contributed by atoms with E-state index in [0.717, 1.165) is 31.5 Å². The van der Waals surface area contributed by atoms with Crippen LogP contribution in [0, 0.1) is 6.92 Å². The molecule has 1 atom stereocenters. The highest BCUT2D eigenvalue weighted by atomic mass is 16.2. The van der Waals surface area contributed by atoms with Crippen LogP contribution in [0.4, 0.5) is 5.69 Å². The first-order chi connectivity index (χ1) is 9.50. The van der Waals surface area contributed by atoms with Gasteiger partial charge in [-0.2, -0.15) is 0 Å². The van der Waals surface area contributed by atoms with E-state index in [2.05, 4.69) is 5.32 Å². The van der Waals surface area contributed by atoms with Gasteiger partial charge in [0.1, 0.15) is 0 Å². The zero-order chi connectivity index (χ0) is 14.7. The Morgan fingerprint density at radius 2 is 1.95 bits per heavy atom. The molecule has 2 rings (SSSR count). The summed E-state index contributed by atoms with van der Waals surface area (Å²) in [6.45, 7) is 5.10. The molecule has 1 fully saturated rings. The van der Waals surface area contributed by atoms with Crippen molar-refractivity contribution in [3.05, 3.63) is 29.3 Å². The van der Waals surface area contributed by atoms with E-state index < -0.39 is 6.04 Å². The van der Waals surface area contributed by atoms with Crippen molar-refractivity contribution in [1.29, 1.82) is 0 Å². The molecule has 0 unspecified atom stereocenters. The summed E-state index contributed by atoms with van der Waals surface area (Å²) in [5.74, 6) is -0.212. The molecule has 2 amide bonds. The van der Waals surface area contributed by atoms with E-state index >= 15 is 0 Å². The van der Waals surface area contributed by atoms with Crippen molar-refractivity contribution in [3.63, 3.8) is 0 Å². The van der Waals surface area contributed by atoms with Gasteiger partial charge >= 0.3 is 0 Å². The van der Waals surface area contributed by atoms with Crippen molar-refractivity contribution in [2.75, 3.05) is 18.4 Å². The summed E-state index contributed by atoms with van der Waals surface area (Å²) in [6, 6.07) is 4.80. The van der Waals surface area contributed by atoms with E-state index in [1.165, 1.54) is 0 Å². The average Bonchev–Trinajstić information content (AvgIpc) is 2.94. The highest BCUT2D eigenvalue weighted by Gasteiger charge is 2.22. The summed E-state index contributed by atoms with van der Waals surface area (Å²) in [6.07, 6.45) is 2.12. The van der Waals surface area contributed by atoms with Crippen LogP contribution in [0.25, 0.3) is 0 Å². The Kier molecular flexibility index (Phi) is 4.39. The third-order valence-electron chi connectivity index (χ3n) is 3.63. The number of rotatable bonds is 3. The number of anilines is 1. The van der Waals surface area contributed by atoms with Gasteiger partial charge in [0, 0.05) is 24.3 Å². The lowest BCUT2D eigenvalue weighted by atomic mass is 10.1. The quantitative estimate of drug-likeness (QED) is 0.878. The molecule has 1 aliphatic heterocycles. The first-order valence-electron chi connectivity index (χ1n) is 6.96. The van der Waals surface area contributed by atoms with E-state index in [9.17, 15) is 9.59 Å².